The van der Waals surface area contributed by atoms with Crippen molar-refractivity contribution in [2.75, 3.05) is 0 Å². The van der Waals surface area contributed by atoms with Gasteiger partial charge in [0.05, 0.1) is 24.7 Å². The molecule has 3 nitrogen and oxygen atoms in total. The molecule has 0 amide bonds. The quantitative estimate of drug-likeness (QED) is 0.629. The van der Waals surface area contributed by atoms with Crippen molar-refractivity contribution in [1.29, 1.82) is 0 Å². The van der Waals surface area contributed by atoms with Gasteiger partial charge in [-0.25, -0.2) is 4.98 Å². The Morgan fingerprint density at radius 3 is 2.67 bits per heavy atom. The van der Waals surface area contributed by atoms with Crippen LogP contribution in [0.15, 0.2) is 12.4 Å². The number of halogens is 1. The van der Waals surface area contributed by atoms with E-state index in [0.29, 0.717) is 10.8 Å². The van der Waals surface area contributed by atoms with Crippen LogP contribution in [0, 0.1) is 0 Å². The molecule has 0 bridgehead atoms. The Bertz CT molecular complexity index is 187. The molecule has 1 aromatic rings. The van der Waals surface area contributed by atoms with Gasteiger partial charge in [-0.05, 0) is 0 Å². The van der Waals surface area contributed by atoms with Crippen molar-refractivity contribution in [2.24, 2.45) is 0 Å². The van der Waals surface area contributed by atoms with E-state index in [1.807, 2.05) is 0 Å². The maximum Gasteiger partial charge on any atom is 0.147 e. The highest BCUT2D eigenvalue weighted by Gasteiger charge is 1.90. The minimum absolute atomic E-state index is 0.0931. The van der Waals surface area contributed by atoms with Gasteiger partial charge in [0.15, 0.2) is 0 Å². The van der Waals surface area contributed by atoms with E-state index in [4.69, 9.17) is 16.7 Å². The fraction of sp³-hybridized carbons (Fsp3) is 0.200. The first-order chi connectivity index (χ1) is 4.33. The van der Waals surface area contributed by atoms with Gasteiger partial charge in [-0.15, -0.1) is 0 Å². The molecule has 0 atom stereocenters. The lowest BCUT2D eigenvalue weighted by atomic mass is 10.5. The molecule has 0 aliphatic rings. The average molecular weight is 145 g/mol. The molecule has 4 heteroatoms. The molecule has 0 saturated carbocycles. The van der Waals surface area contributed by atoms with Crippen LogP contribution >= 0.6 is 11.6 Å². The molecule has 0 aliphatic carbocycles. The summed E-state index contributed by atoms with van der Waals surface area (Å²) in [4.78, 5) is 7.45. The summed E-state index contributed by atoms with van der Waals surface area (Å²) >= 11 is 5.41. The predicted octanol–water partition coefficient (Wildman–Crippen LogP) is 0.622. The topological polar surface area (TPSA) is 46.0 Å². The van der Waals surface area contributed by atoms with E-state index in [9.17, 15) is 0 Å². The molecule has 1 N–H and O–H groups in total. The molecular formula is C5H5ClN2O. The third-order valence-electron chi connectivity index (χ3n) is 0.836. The van der Waals surface area contributed by atoms with Crippen LogP contribution in [0.3, 0.4) is 0 Å². The van der Waals surface area contributed by atoms with Crippen molar-refractivity contribution < 1.29 is 5.11 Å². The molecule has 0 saturated heterocycles. The molecule has 0 unspecified atom stereocenters. The smallest absolute Gasteiger partial charge is 0.147 e. The lowest BCUT2D eigenvalue weighted by Gasteiger charge is -1.90. The summed E-state index contributed by atoms with van der Waals surface area (Å²) < 4.78 is 0. The van der Waals surface area contributed by atoms with E-state index < -0.39 is 0 Å². The van der Waals surface area contributed by atoms with Crippen molar-refractivity contribution in [3.05, 3.63) is 23.2 Å². The number of rotatable bonds is 1. The van der Waals surface area contributed by atoms with E-state index in [-0.39, 0.29) is 6.61 Å². The highest BCUT2D eigenvalue weighted by atomic mass is 35.5. The molecule has 0 radical (unpaired) electrons. The second kappa shape index (κ2) is 2.75. The Balaban J connectivity index is 2.88. The fourth-order valence-electron chi connectivity index (χ4n) is 0.421. The van der Waals surface area contributed by atoms with Gasteiger partial charge in [0.2, 0.25) is 0 Å². The molecule has 1 aromatic heterocycles. The number of hydrogen-bond acceptors (Lipinski definition) is 3. The zero-order chi connectivity index (χ0) is 6.69. The summed E-state index contributed by atoms with van der Waals surface area (Å²) in [6, 6.07) is 0. The summed E-state index contributed by atoms with van der Waals surface area (Å²) in [5.74, 6) is 0. The number of aliphatic hydroxyl groups is 1. The molecule has 9 heavy (non-hydrogen) atoms. The van der Waals surface area contributed by atoms with Crippen molar-refractivity contribution >= 4 is 11.6 Å². The standard InChI is InChI=1S/C5H5ClN2O/c6-5-2-7-4(3-9)1-8-5/h1-2,9H,3H2. The Kier molecular flexibility index (Phi) is 1.97. The van der Waals surface area contributed by atoms with Gasteiger partial charge in [-0.3, -0.25) is 4.98 Å². The van der Waals surface area contributed by atoms with E-state index in [2.05, 4.69) is 9.97 Å². The summed E-state index contributed by atoms with van der Waals surface area (Å²) in [7, 11) is 0. The van der Waals surface area contributed by atoms with Gasteiger partial charge in [0.1, 0.15) is 5.15 Å². The largest absolute Gasteiger partial charge is 0.390 e. The number of hydrogen-bond donors (Lipinski definition) is 1. The van der Waals surface area contributed by atoms with E-state index in [1.165, 1.54) is 12.4 Å². The minimum atomic E-state index is -0.0931. The van der Waals surface area contributed by atoms with Gasteiger partial charge in [0, 0.05) is 0 Å². The zero-order valence-electron chi connectivity index (χ0n) is 4.58. The maximum atomic E-state index is 8.48. The SMILES string of the molecule is OCc1cnc(Cl)cn1. The monoisotopic (exact) mass is 144 g/mol. The molecule has 48 valence electrons. The van der Waals surface area contributed by atoms with Crippen molar-refractivity contribution in [3.63, 3.8) is 0 Å². The number of aromatic nitrogens is 2. The summed E-state index contributed by atoms with van der Waals surface area (Å²) in [5.41, 5.74) is 0.527. The van der Waals surface area contributed by atoms with Gasteiger partial charge in [-0.2, -0.15) is 0 Å². The van der Waals surface area contributed by atoms with Crippen LogP contribution in [-0.2, 0) is 6.61 Å². The van der Waals surface area contributed by atoms with E-state index >= 15 is 0 Å². The average Bonchev–Trinajstić information content (AvgIpc) is 1.90. The van der Waals surface area contributed by atoms with Gasteiger partial charge < -0.3 is 5.11 Å². The highest BCUT2D eigenvalue weighted by Crippen LogP contribution is 2.00. The lowest BCUT2D eigenvalue weighted by Crippen LogP contribution is -1.88. The van der Waals surface area contributed by atoms with Crippen LogP contribution in [0.2, 0.25) is 5.15 Å². The van der Waals surface area contributed by atoms with Crippen LogP contribution in [-0.4, -0.2) is 15.1 Å². The van der Waals surface area contributed by atoms with Crippen LogP contribution in [0.5, 0.6) is 0 Å². The first kappa shape index (κ1) is 6.45. The van der Waals surface area contributed by atoms with Gasteiger partial charge >= 0.3 is 0 Å². The number of nitrogens with zero attached hydrogens (tertiary/aromatic N) is 2. The predicted molar refractivity (Wildman–Crippen MR) is 33.0 cm³/mol. The van der Waals surface area contributed by atoms with Crippen molar-refractivity contribution in [1.82, 2.24) is 9.97 Å². The molecule has 0 aliphatic heterocycles. The van der Waals surface area contributed by atoms with Gasteiger partial charge in [0.25, 0.3) is 0 Å². The molecule has 0 spiro atoms. The first-order valence-corrected chi connectivity index (χ1v) is 2.78. The maximum absolute atomic E-state index is 8.48. The zero-order valence-corrected chi connectivity index (χ0v) is 5.34. The summed E-state index contributed by atoms with van der Waals surface area (Å²) in [6.07, 6.45) is 2.83. The normalized spacial score (nSPS) is 9.56. The second-order valence-corrected chi connectivity index (χ2v) is 1.88. The minimum Gasteiger partial charge on any atom is -0.390 e. The highest BCUT2D eigenvalue weighted by molar-refractivity contribution is 6.29. The van der Waals surface area contributed by atoms with Crippen molar-refractivity contribution in [2.45, 2.75) is 6.61 Å². The van der Waals surface area contributed by atoms with Crippen molar-refractivity contribution in [3.8, 4) is 0 Å². The Labute approximate surface area is 57.3 Å². The molecule has 0 aromatic carbocycles. The summed E-state index contributed by atoms with van der Waals surface area (Å²) in [6.45, 7) is -0.0931. The van der Waals surface area contributed by atoms with Gasteiger partial charge in [-0.1, -0.05) is 11.6 Å². The lowest BCUT2D eigenvalue weighted by molar-refractivity contribution is 0.276. The van der Waals surface area contributed by atoms with Crippen LogP contribution in [0.25, 0.3) is 0 Å². The molecule has 1 rings (SSSR count). The number of aliphatic hydroxyl groups excluding tert-OH is 1. The van der Waals surface area contributed by atoms with E-state index in [0.717, 1.165) is 0 Å². The Morgan fingerprint density at radius 1 is 1.44 bits per heavy atom. The van der Waals surface area contributed by atoms with E-state index in [1.54, 1.807) is 0 Å². The van der Waals surface area contributed by atoms with Crippen LogP contribution in [0.4, 0.5) is 0 Å². The third-order valence-corrected chi connectivity index (χ3v) is 1.03. The first-order valence-electron chi connectivity index (χ1n) is 2.40. The third kappa shape index (κ3) is 1.62. The molecule has 0 fully saturated rings. The molecule has 1 heterocycles. The summed E-state index contributed by atoms with van der Waals surface area (Å²) in [5, 5.41) is 8.82. The molecular weight excluding hydrogens is 140 g/mol. The van der Waals surface area contributed by atoms with Crippen LogP contribution < -0.4 is 0 Å². The fourth-order valence-corrected chi connectivity index (χ4v) is 0.518. The second-order valence-electron chi connectivity index (χ2n) is 1.49. The Morgan fingerprint density at radius 2 is 2.22 bits per heavy atom. The van der Waals surface area contributed by atoms with Crippen LogP contribution in [0.1, 0.15) is 5.69 Å². The Hall–Kier alpha value is -0.670.